The molecule has 3 aliphatic heterocycles. The fourth-order valence-corrected chi connectivity index (χ4v) is 5.10. The second-order valence-corrected chi connectivity index (χ2v) is 10.7. The molecule has 15 heteroatoms. The number of hydrogen-bond donors (Lipinski definition) is 8. The van der Waals surface area contributed by atoms with E-state index in [0.717, 1.165) is 6.08 Å². The summed E-state index contributed by atoms with van der Waals surface area (Å²) in [5.74, 6) is -2.39. The Hall–Kier alpha value is -3.51. The van der Waals surface area contributed by atoms with Crippen LogP contribution in [0.2, 0.25) is 0 Å². The fourth-order valence-electron chi connectivity index (χ4n) is 5.10. The Morgan fingerprint density at radius 1 is 0.864 bits per heavy atom. The highest BCUT2D eigenvalue weighted by molar-refractivity contribution is 5.87. The molecule has 11 atom stereocenters. The van der Waals surface area contributed by atoms with Crippen LogP contribution >= 0.6 is 0 Å². The number of hydrogen-bond acceptors (Lipinski definition) is 15. The summed E-state index contributed by atoms with van der Waals surface area (Å²) in [5.41, 5.74) is 0.795. The summed E-state index contributed by atoms with van der Waals surface area (Å²) in [6, 6.07) is 7.94. The van der Waals surface area contributed by atoms with Crippen LogP contribution in [0.3, 0.4) is 0 Å². The average molecular weight is 623 g/mol. The van der Waals surface area contributed by atoms with E-state index in [1.165, 1.54) is 49.4 Å². The lowest BCUT2D eigenvalue weighted by atomic mass is 9.96. The van der Waals surface area contributed by atoms with Crippen LogP contribution in [0.5, 0.6) is 23.0 Å². The van der Waals surface area contributed by atoms with Gasteiger partial charge in [0.05, 0.1) is 19.3 Å². The number of ether oxygens (including phenoxy) is 6. The summed E-state index contributed by atoms with van der Waals surface area (Å²) in [4.78, 5) is 12.8. The smallest absolute Gasteiger partial charge is 0.331 e. The van der Waals surface area contributed by atoms with Gasteiger partial charge in [0.15, 0.2) is 41.7 Å². The number of aliphatic hydroxyl groups is 4. The molecule has 3 fully saturated rings. The van der Waals surface area contributed by atoms with Crippen molar-refractivity contribution in [3.8, 4) is 23.0 Å². The number of carbonyl (C=O) groups excluding carboxylic acids is 1. The minimum Gasteiger partial charge on any atom is -0.504 e. The Labute approximate surface area is 250 Å². The van der Waals surface area contributed by atoms with E-state index in [9.17, 15) is 45.6 Å². The van der Waals surface area contributed by atoms with Crippen LogP contribution in [0.25, 0.3) is 6.08 Å². The number of esters is 1. The van der Waals surface area contributed by atoms with Crippen LogP contribution in [0.1, 0.15) is 24.2 Å². The highest BCUT2D eigenvalue weighted by Crippen LogP contribution is 2.37. The van der Waals surface area contributed by atoms with Crippen LogP contribution in [-0.4, -0.2) is 121 Å². The molecule has 11 unspecified atom stereocenters. The van der Waals surface area contributed by atoms with Gasteiger partial charge >= 0.3 is 5.97 Å². The van der Waals surface area contributed by atoms with Gasteiger partial charge in [-0.2, -0.15) is 0 Å². The van der Waals surface area contributed by atoms with Crippen LogP contribution in [0.4, 0.5) is 0 Å². The van der Waals surface area contributed by atoms with Gasteiger partial charge in [-0.1, -0.05) is 12.1 Å². The molecule has 8 N–H and O–H groups in total. The molecule has 0 aliphatic carbocycles. The first-order chi connectivity index (χ1) is 20.9. The molecule has 15 nitrogen and oxygen atoms in total. The highest BCUT2D eigenvalue weighted by Gasteiger charge is 2.52. The second kappa shape index (κ2) is 13.2. The number of aliphatic hydroxyl groups excluding tert-OH is 4. The van der Waals surface area contributed by atoms with E-state index in [4.69, 9.17) is 28.4 Å². The van der Waals surface area contributed by atoms with Crippen molar-refractivity contribution in [1.82, 2.24) is 0 Å². The molecule has 3 heterocycles. The van der Waals surface area contributed by atoms with E-state index in [0.29, 0.717) is 11.1 Å². The zero-order valence-corrected chi connectivity index (χ0v) is 23.3. The van der Waals surface area contributed by atoms with Crippen LogP contribution in [-0.2, 0) is 33.2 Å². The maximum Gasteiger partial charge on any atom is 0.331 e. The van der Waals surface area contributed by atoms with Gasteiger partial charge in [0.2, 0.25) is 0 Å². The molecule has 3 aliphatic rings. The number of benzene rings is 2. The lowest BCUT2D eigenvalue weighted by Crippen LogP contribution is -2.64. The molecular weight excluding hydrogens is 588 g/mol. The first-order valence-electron chi connectivity index (χ1n) is 13.8. The number of aromatic hydroxyl groups is 4. The molecule has 44 heavy (non-hydrogen) atoms. The Morgan fingerprint density at radius 2 is 1.57 bits per heavy atom. The van der Waals surface area contributed by atoms with Crippen LogP contribution in [0.15, 0.2) is 42.5 Å². The molecule has 0 bridgehead atoms. The minimum absolute atomic E-state index is 0.0651. The summed E-state index contributed by atoms with van der Waals surface area (Å²) in [7, 11) is 0. The topological polar surface area (TPSA) is 234 Å². The second-order valence-electron chi connectivity index (χ2n) is 10.7. The van der Waals surface area contributed by atoms with E-state index < -0.39 is 85.8 Å². The van der Waals surface area contributed by atoms with Gasteiger partial charge in [-0.05, 0) is 48.4 Å². The number of phenols is 4. The van der Waals surface area contributed by atoms with E-state index in [2.05, 4.69) is 0 Å². The monoisotopic (exact) mass is 622 g/mol. The molecule has 2 aromatic rings. The van der Waals surface area contributed by atoms with Crippen molar-refractivity contribution >= 4 is 12.0 Å². The standard InChI is InChI=1S/C29H34O15/c1-12-22(35)23(36)24(37)28(41-12)39-11-20-26(44-21(34)7-3-13-2-5-15(30)17(32)8-13)25(38)27-29(43-20)40-10-19(42-27)14-4-6-16(31)18(33)9-14/h2-9,12,19-20,22-33,35-38H,10-11H2,1H3. The Balaban J connectivity index is 1.33. The van der Waals surface area contributed by atoms with Gasteiger partial charge in [-0.3, -0.25) is 0 Å². The van der Waals surface area contributed by atoms with Gasteiger partial charge < -0.3 is 69.3 Å². The summed E-state index contributed by atoms with van der Waals surface area (Å²) in [5, 5.41) is 80.5. The maximum atomic E-state index is 12.8. The van der Waals surface area contributed by atoms with Crippen molar-refractivity contribution in [3.05, 3.63) is 53.6 Å². The van der Waals surface area contributed by atoms with E-state index >= 15 is 0 Å². The summed E-state index contributed by atoms with van der Waals surface area (Å²) < 4.78 is 34.4. The number of rotatable bonds is 7. The number of fused-ring (bicyclic) bond motifs is 1. The summed E-state index contributed by atoms with van der Waals surface area (Å²) in [6.45, 7) is 0.984. The van der Waals surface area contributed by atoms with Crippen molar-refractivity contribution in [2.45, 2.75) is 74.4 Å². The zero-order valence-electron chi connectivity index (χ0n) is 23.3. The predicted octanol–water partition coefficient (Wildman–Crippen LogP) is -0.479. The molecule has 0 saturated carbocycles. The van der Waals surface area contributed by atoms with Crippen molar-refractivity contribution in [2.24, 2.45) is 0 Å². The fraction of sp³-hybridized carbons (Fsp3) is 0.483. The van der Waals surface area contributed by atoms with Gasteiger partial charge in [0.1, 0.15) is 42.7 Å². The third-order valence-corrected chi connectivity index (χ3v) is 7.62. The van der Waals surface area contributed by atoms with Crippen molar-refractivity contribution in [3.63, 3.8) is 0 Å². The molecule has 0 amide bonds. The molecule has 0 spiro atoms. The molecular formula is C29H34O15. The van der Waals surface area contributed by atoms with E-state index in [1.54, 1.807) is 0 Å². The van der Waals surface area contributed by atoms with Crippen LogP contribution < -0.4 is 0 Å². The van der Waals surface area contributed by atoms with Crippen LogP contribution in [0, 0.1) is 0 Å². The SMILES string of the molecule is CC1OC(OCC2OC3OCC(c4ccc(O)c(O)c4)OC3C(O)C2OC(=O)C=Cc2ccc(O)c(O)c2)C(O)C(O)C1O. The maximum absolute atomic E-state index is 12.8. The zero-order chi connectivity index (χ0) is 31.7. The Bertz CT molecular complexity index is 1350. The summed E-state index contributed by atoms with van der Waals surface area (Å²) >= 11 is 0. The molecule has 3 saturated heterocycles. The van der Waals surface area contributed by atoms with Crippen molar-refractivity contribution < 1.29 is 74.1 Å². The molecule has 2 aromatic carbocycles. The normalized spacial score (nSPS) is 35.7. The largest absolute Gasteiger partial charge is 0.504 e. The first-order valence-corrected chi connectivity index (χ1v) is 13.8. The van der Waals surface area contributed by atoms with Gasteiger partial charge in [-0.15, -0.1) is 0 Å². The lowest BCUT2D eigenvalue weighted by molar-refractivity contribution is -0.360. The molecule has 0 aromatic heterocycles. The lowest BCUT2D eigenvalue weighted by Gasteiger charge is -2.47. The Morgan fingerprint density at radius 3 is 2.27 bits per heavy atom. The quantitative estimate of drug-likeness (QED) is 0.111. The number of phenolic OH excluding ortho intramolecular Hbond substituents is 4. The summed E-state index contributed by atoms with van der Waals surface area (Å²) in [6.07, 6.45) is -11.8. The molecule has 240 valence electrons. The van der Waals surface area contributed by atoms with Crippen molar-refractivity contribution in [1.29, 1.82) is 0 Å². The van der Waals surface area contributed by atoms with Gasteiger partial charge in [0.25, 0.3) is 0 Å². The first kappa shape index (κ1) is 31.9. The van der Waals surface area contributed by atoms with Crippen molar-refractivity contribution in [2.75, 3.05) is 13.2 Å². The predicted molar refractivity (Wildman–Crippen MR) is 145 cm³/mol. The van der Waals surface area contributed by atoms with E-state index in [1.807, 2.05) is 0 Å². The van der Waals surface area contributed by atoms with Gasteiger partial charge in [0, 0.05) is 6.08 Å². The van der Waals surface area contributed by atoms with Gasteiger partial charge in [-0.25, -0.2) is 4.79 Å². The molecule has 5 rings (SSSR count). The third-order valence-electron chi connectivity index (χ3n) is 7.62. The van der Waals surface area contributed by atoms with E-state index in [-0.39, 0.29) is 23.9 Å². The minimum atomic E-state index is -1.62. The molecule has 0 radical (unpaired) electrons. The average Bonchev–Trinajstić information content (AvgIpc) is 3.00. The third kappa shape index (κ3) is 6.76. The number of carbonyl (C=O) groups is 1. The Kier molecular flexibility index (Phi) is 9.59. The highest BCUT2D eigenvalue weighted by atomic mass is 16.8.